The zero-order valence-corrected chi connectivity index (χ0v) is 9.62. The summed E-state index contributed by atoms with van der Waals surface area (Å²) in [5.74, 6) is 0. The van der Waals surface area contributed by atoms with Crippen molar-refractivity contribution in [2.24, 2.45) is 0 Å². The van der Waals surface area contributed by atoms with Gasteiger partial charge in [0.2, 0.25) is 0 Å². The molecular formula is C11H15As. The van der Waals surface area contributed by atoms with Crippen molar-refractivity contribution in [2.45, 2.75) is 30.2 Å². The summed E-state index contributed by atoms with van der Waals surface area (Å²) >= 11 is -0.622. The molecule has 2 atom stereocenters. The predicted molar refractivity (Wildman–Crippen MR) is 55.6 cm³/mol. The second kappa shape index (κ2) is 3.26. The Morgan fingerprint density at radius 2 is 2.08 bits per heavy atom. The average Bonchev–Trinajstić information content (AvgIpc) is 2.07. The Labute approximate surface area is 79.3 Å². The zero-order chi connectivity index (χ0) is 8.55. The molecule has 2 rings (SSSR count). The molecule has 2 unspecified atom stereocenters. The van der Waals surface area contributed by atoms with Crippen LogP contribution in [0.2, 0.25) is 9.91 Å². The van der Waals surface area contributed by atoms with Gasteiger partial charge in [0.05, 0.1) is 0 Å². The first-order chi connectivity index (χ1) is 5.77. The van der Waals surface area contributed by atoms with Crippen molar-refractivity contribution in [3.63, 3.8) is 0 Å². The van der Waals surface area contributed by atoms with Crippen molar-refractivity contribution < 1.29 is 0 Å². The van der Waals surface area contributed by atoms with Crippen LogP contribution in [0.25, 0.3) is 0 Å². The Kier molecular flexibility index (Phi) is 2.28. The van der Waals surface area contributed by atoms with Crippen LogP contribution in [0.3, 0.4) is 0 Å². The zero-order valence-electron chi connectivity index (χ0n) is 7.75. The summed E-state index contributed by atoms with van der Waals surface area (Å²) in [6, 6.07) is 0. The van der Waals surface area contributed by atoms with Crippen molar-refractivity contribution in [2.75, 3.05) is 0 Å². The summed E-state index contributed by atoms with van der Waals surface area (Å²) in [4.78, 5) is 2.51. The van der Waals surface area contributed by atoms with Gasteiger partial charge in [-0.15, -0.1) is 0 Å². The predicted octanol–water partition coefficient (Wildman–Crippen LogP) is 3.26. The third-order valence-corrected chi connectivity index (χ3v) is 8.27. The Bertz CT molecular complexity index is 243. The number of allylic oxidation sites excluding steroid dienone is 5. The van der Waals surface area contributed by atoms with Crippen molar-refractivity contribution in [1.82, 2.24) is 0 Å². The molecule has 2 heterocycles. The van der Waals surface area contributed by atoms with Gasteiger partial charge >= 0.3 is 79.1 Å². The molecule has 64 valence electrons. The third-order valence-electron chi connectivity index (χ3n) is 2.81. The van der Waals surface area contributed by atoms with Gasteiger partial charge in [0.25, 0.3) is 0 Å². The van der Waals surface area contributed by atoms with Gasteiger partial charge in [0.15, 0.2) is 0 Å². The molecule has 0 saturated heterocycles. The fourth-order valence-corrected chi connectivity index (χ4v) is 7.13. The van der Waals surface area contributed by atoms with Gasteiger partial charge in [-0.2, -0.15) is 0 Å². The molecule has 0 aliphatic carbocycles. The van der Waals surface area contributed by atoms with Crippen LogP contribution in [0, 0.1) is 0 Å². The Morgan fingerprint density at radius 3 is 2.92 bits per heavy atom. The van der Waals surface area contributed by atoms with E-state index in [1.54, 1.807) is 11.1 Å². The van der Waals surface area contributed by atoms with E-state index in [4.69, 9.17) is 0 Å². The van der Waals surface area contributed by atoms with E-state index in [0.717, 1.165) is 4.71 Å². The Hall–Kier alpha value is -0.222. The minimum absolute atomic E-state index is 0.622. The Morgan fingerprint density at radius 1 is 1.25 bits per heavy atom. The van der Waals surface area contributed by atoms with Crippen molar-refractivity contribution in [3.8, 4) is 0 Å². The van der Waals surface area contributed by atoms with E-state index < -0.39 is 14.7 Å². The van der Waals surface area contributed by atoms with Crippen molar-refractivity contribution in [1.29, 1.82) is 0 Å². The number of fused-ring (bicyclic) bond motifs is 1. The molecule has 0 aromatic carbocycles. The normalized spacial score (nSPS) is 33.8. The monoisotopic (exact) mass is 222 g/mol. The quantitative estimate of drug-likeness (QED) is 0.436. The van der Waals surface area contributed by atoms with Crippen LogP contribution in [0.1, 0.15) is 20.3 Å². The van der Waals surface area contributed by atoms with Crippen LogP contribution < -0.4 is 0 Å². The van der Waals surface area contributed by atoms with E-state index in [0.29, 0.717) is 0 Å². The van der Waals surface area contributed by atoms with Crippen LogP contribution >= 0.6 is 0 Å². The van der Waals surface area contributed by atoms with Crippen molar-refractivity contribution >= 4 is 14.7 Å². The molecule has 2 aliphatic rings. The SMILES string of the molecule is CC1=C(C)C[As]2C=CC=CC2C1. The summed E-state index contributed by atoms with van der Waals surface area (Å²) < 4.78 is 0.936. The topological polar surface area (TPSA) is 0 Å². The van der Waals surface area contributed by atoms with Crippen LogP contribution in [0.5, 0.6) is 0 Å². The van der Waals surface area contributed by atoms with Crippen LogP contribution in [-0.2, 0) is 0 Å². The maximum absolute atomic E-state index is 2.51. The molecule has 0 nitrogen and oxygen atoms in total. The molecule has 12 heavy (non-hydrogen) atoms. The van der Waals surface area contributed by atoms with Crippen molar-refractivity contribution in [3.05, 3.63) is 34.2 Å². The van der Waals surface area contributed by atoms with Gasteiger partial charge in [-0.1, -0.05) is 0 Å². The van der Waals surface area contributed by atoms with E-state index in [2.05, 4.69) is 36.9 Å². The molecule has 2 aliphatic heterocycles. The molecule has 0 N–H and O–H groups in total. The van der Waals surface area contributed by atoms with E-state index in [1.165, 1.54) is 11.6 Å². The van der Waals surface area contributed by atoms with Gasteiger partial charge in [0.1, 0.15) is 0 Å². The summed E-state index contributed by atoms with van der Waals surface area (Å²) in [6.07, 6.45) is 8.25. The van der Waals surface area contributed by atoms with Gasteiger partial charge in [-0.3, -0.25) is 0 Å². The summed E-state index contributed by atoms with van der Waals surface area (Å²) in [7, 11) is 0. The molecule has 0 amide bonds. The molecule has 0 radical (unpaired) electrons. The number of hydrogen-bond acceptors (Lipinski definition) is 0. The van der Waals surface area contributed by atoms with Gasteiger partial charge in [0, 0.05) is 0 Å². The first-order valence-corrected chi connectivity index (χ1v) is 8.03. The molecule has 0 spiro atoms. The van der Waals surface area contributed by atoms with E-state index in [-0.39, 0.29) is 0 Å². The van der Waals surface area contributed by atoms with E-state index in [1.807, 2.05) is 0 Å². The van der Waals surface area contributed by atoms with Crippen LogP contribution in [-0.4, -0.2) is 14.7 Å². The minimum atomic E-state index is -0.622. The fourth-order valence-electron chi connectivity index (χ4n) is 1.83. The number of rotatable bonds is 0. The molecular weight excluding hydrogens is 207 g/mol. The van der Waals surface area contributed by atoms with Crippen LogP contribution in [0.15, 0.2) is 34.2 Å². The molecule has 0 fully saturated rings. The molecule has 0 saturated carbocycles. The van der Waals surface area contributed by atoms with E-state index in [9.17, 15) is 0 Å². The third kappa shape index (κ3) is 1.45. The summed E-state index contributed by atoms with van der Waals surface area (Å²) in [6.45, 7) is 4.61. The van der Waals surface area contributed by atoms with Gasteiger partial charge in [-0.05, 0) is 0 Å². The first-order valence-electron chi connectivity index (χ1n) is 4.53. The Balaban J connectivity index is 2.23. The average molecular weight is 222 g/mol. The van der Waals surface area contributed by atoms with Gasteiger partial charge < -0.3 is 0 Å². The molecule has 0 bridgehead atoms. The molecule has 0 aromatic heterocycles. The van der Waals surface area contributed by atoms with Gasteiger partial charge in [-0.25, -0.2) is 0 Å². The second-order valence-electron chi connectivity index (χ2n) is 3.73. The number of hydrogen-bond donors (Lipinski definition) is 0. The van der Waals surface area contributed by atoms with Crippen LogP contribution in [0.4, 0.5) is 0 Å². The maximum atomic E-state index is 2.51. The summed E-state index contributed by atoms with van der Waals surface area (Å²) in [5, 5.41) is 1.42. The molecule has 0 aromatic rings. The second-order valence-corrected chi connectivity index (χ2v) is 8.57. The summed E-state index contributed by atoms with van der Waals surface area (Å²) in [5.41, 5.74) is 3.32. The standard InChI is InChI=1S/C11H15As/c1-9-7-11-5-3-4-6-12(11)8-10(9)2/h3-6,11H,7-8H2,1-2H3. The fraction of sp³-hybridized carbons (Fsp3) is 0.455. The van der Waals surface area contributed by atoms with E-state index >= 15 is 0 Å². The first kappa shape index (κ1) is 8.38. The molecule has 1 heteroatoms.